The molecule has 2 aliphatic rings. The Morgan fingerprint density at radius 3 is 2.80 bits per heavy atom. The van der Waals surface area contributed by atoms with Gasteiger partial charge in [-0.05, 0) is 57.8 Å². The zero-order valence-corrected chi connectivity index (χ0v) is 14.7. The van der Waals surface area contributed by atoms with Crippen molar-refractivity contribution in [1.29, 1.82) is 0 Å². The molecule has 2 aliphatic heterocycles. The lowest BCUT2D eigenvalue weighted by Crippen LogP contribution is -2.53. The van der Waals surface area contributed by atoms with Crippen molar-refractivity contribution in [3.8, 4) is 0 Å². The Morgan fingerprint density at radius 2 is 1.96 bits per heavy atom. The van der Waals surface area contributed by atoms with Crippen molar-refractivity contribution in [2.45, 2.75) is 51.2 Å². The number of benzene rings is 1. The highest BCUT2D eigenvalue weighted by molar-refractivity contribution is 5.82. The standard InChI is InChI=1S/C20H25N3O2/c1-14-12-19(24)15-6-2-3-8-17(15)23(14)13-20(25)21-16-7-4-10-22-11-5-9-18(16)22/h2-3,6,8,12,16,18H,4-5,7,9-11,13H2,1H3,(H,21,25)/t16-,18-/m0/s1. The fraction of sp³-hybridized carbons (Fsp3) is 0.500. The summed E-state index contributed by atoms with van der Waals surface area (Å²) < 4.78 is 1.95. The number of amides is 1. The molecule has 2 saturated heterocycles. The van der Waals surface area contributed by atoms with Gasteiger partial charge in [0.1, 0.15) is 6.54 Å². The molecule has 0 spiro atoms. The maximum absolute atomic E-state index is 12.7. The van der Waals surface area contributed by atoms with E-state index in [1.807, 2.05) is 35.8 Å². The second-order valence-corrected chi connectivity index (χ2v) is 7.32. The van der Waals surface area contributed by atoms with Crippen LogP contribution in [-0.4, -0.2) is 40.5 Å². The van der Waals surface area contributed by atoms with E-state index in [0.29, 0.717) is 11.4 Å². The third-order valence-corrected chi connectivity index (χ3v) is 5.71. The van der Waals surface area contributed by atoms with Gasteiger partial charge in [-0.2, -0.15) is 0 Å². The number of carbonyl (C=O) groups is 1. The van der Waals surface area contributed by atoms with Crippen molar-refractivity contribution in [3.05, 3.63) is 46.2 Å². The third kappa shape index (κ3) is 3.09. The number of nitrogens with zero attached hydrogens (tertiary/aromatic N) is 2. The fourth-order valence-electron chi connectivity index (χ4n) is 4.52. The number of para-hydroxylation sites is 1. The summed E-state index contributed by atoms with van der Waals surface area (Å²) >= 11 is 0. The monoisotopic (exact) mass is 339 g/mol. The molecule has 2 fully saturated rings. The average Bonchev–Trinajstić information content (AvgIpc) is 3.08. The van der Waals surface area contributed by atoms with Gasteiger partial charge in [0.15, 0.2) is 5.43 Å². The number of pyridine rings is 1. The van der Waals surface area contributed by atoms with Gasteiger partial charge < -0.3 is 9.88 Å². The summed E-state index contributed by atoms with van der Waals surface area (Å²) in [6.45, 7) is 4.48. The van der Waals surface area contributed by atoms with Gasteiger partial charge in [-0.1, -0.05) is 12.1 Å². The molecule has 1 N–H and O–H groups in total. The van der Waals surface area contributed by atoms with Crippen molar-refractivity contribution in [3.63, 3.8) is 0 Å². The Bertz CT molecular complexity index is 858. The highest BCUT2D eigenvalue weighted by Gasteiger charge is 2.35. The van der Waals surface area contributed by atoms with Gasteiger partial charge in [0.05, 0.1) is 5.52 Å². The van der Waals surface area contributed by atoms with Crippen LogP contribution < -0.4 is 10.7 Å². The zero-order valence-electron chi connectivity index (χ0n) is 14.7. The molecule has 1 amide bonds. The molecule has 25 heavy (non-hydrogen) atoms. The van der Waals surface area contributed by atoms with Crippen LogP contribution in [0.5, 0.6) is 0 Å². The lowest BCUT2D eigenvalue weighted by Gasteiger charge is -2.37. The molecule has 5 nitrogen and oxygen atoms in total. The number of piperidine rings is 1. The molecule has 0 radical (unpaired) electrons. The molecule has 2 aromatic rings. The number of rotatable bonds is 3. The summed E-state index contributed by atoms with van der Waals surface area (Å²) in [5, 5.41) is 3.93. The Labute approximate surface area is 147 Å². The highest BCUT2D eigenvalue weighted by atomic mass is 16.2. The van der Waals surface area contributed by atoms with Gasteiger partial charge in [-0.15, -0.1) is 0 Å². The molecule has 0 unspecified atom stereocenters. The molecule has 5 heteroatoms. The minimum absolute atomic E-state index is 0.0126. The van der Waals surface area contributed by atoms with Crippen molar-refractivity contribution in [2.24, 2.45) is 0 Å². The minimum atomic E-state index is 0.0126. The molecular weight excluding hydrogens is 314 g/mol. The topological polar surface area (TPSA) is 54.3 Å². The number of hydrogen-bond donors (Lipinski definition) is 1. The maximum Gasteiger partial charge on any atom is 0.240 e. The third-order valence-electron chi connectivity index (χ3n) is 5.71. The van der Waals surface area contributed by atoms with Crippen LogP contribution in [0.3, 0.4) is 0 Å². The largest absolute Gasteiger partial charge is 0.350 e. The van der Waals surface area contributed by atoms with Crippen molar-refractivity contribution in [1.82, 2.24) is 14.8 Å². The molecule has 4 rings (SSSR count). The van der Waals surface area contributed by atoms with E-state index < -0.39 is 0 Å². The lowest BCUT2D eigenvalue weighted by atomic mass is 9.96. The van der Waals surface area contributed by atoms with E-state index in [2.05, 4.69) is 10.2 Å². The zero-order chi connectivity index (χ0) is 17.4. The minimum Gasteiger partial charge on any atom is -0.350 e. The number of fused-ring (bicyclic) bond motifs is 2. The first-order valence-corrected chi connectivity index (χ1v) is 9.26. The molecule has 2 atom stereocenters. The molecule has 132 valence electrons. The van der Waals surface area contributed by atoms with Gasteiger partial charge in [0.25, 0.3) is 0 Å². The predicted octanol–water partition coefficient (Wildman–Crippen LogP) is 2.05. The van der Waals surface area contributed by atoms with Crippen LogP contribution in [-0.2, 0) is 11.3 Å². The maximum atomic E-state index is 12.7. The van der Waals surface area contributed by atoms with E-state index in [1.54, 1.807) is 6.07 Å². The fourth-order valence-corrected chi connectivity index (χ4v) is 4.52. The summed E-state index contributed by atoms with van der Waals surface area (Å²) in [6, 6.07) is 9.89. The molecule has 0 aliphatic carbocycles. The van der Waals surface area contributed by atoms with Crippen LogP contribution in [0.4, 0.5) is 0 Å². The number of aromatic nitrogens is 1. The first-order valence-electron chi connectivity index (χ1n) is 9.26. The molecular formula is C20H25N3O2. The van der Waals surface area contributed by atoms with E-state index >= 15 is 0 Å². The predicted molar refractivity (Wildman–Crippen MR) is 98.7 cm³/mol. The number of aryl methyl sites for hydroxylation is 1. The van der Waals surface area contributed by atoms with Crippen LogP contribution in [0, 0.1) is 6.92 Å². The number of hydrogen-bond acceptors (Lipinski definition) is 3. The van der Waals surface area contributed by atoms with E-state index in [1.165, 1.54) is 25.9 Å². The summed E-state index contributed by atoms with van der Waals surface area (Å²) in [5.74, 6) is 0.0376. The van der Waals surface area contributed by atoms with Crippen LogP contribution in [0.1, 0.15) is 31.4 Å². The summed E-state index contributed by atoms with van der Waals surface area (Å²) in [4.78, 5) is 27.4. The Balaban J connectivity index is 1.55. The first-order chi connectivity index (χ1) is 12.1. The van der Waals surface area contributed by atoms with E-state index in [9.17, 15) is 9.59 Å². The lowest BCUT2D eigenvalue weighted by molar-refractivity contribution is -0.123. The Morgan fingerprint density at radius 1 is 1.20 bits per heavy atom. The Hall–Kier alpha value is -2.14. The highest BCUT2D eigenvalue weighted by Crippen LogP contribution is 2.27. The second kappa shape index (κ2) is 6.64. The second-order valence-electron chi connectivity index (χ2n) is 7.32. The van der Waals surface area contributed by atoms with E-state index in [0.717, 1.165) is 24.1 Å². The molecule has 0 bridgehead atoms. The first kappa shape index (κ1) is 16.3. The summed E-state index contributed by atoms with van der Waals surface area (Å²) in [6.07, 6.45) is 4.64. The van der Waals surface area contributed by atoms with Gasteiger partial charge in [0.2, 0.25) is 5.91 Å². The van der Waals surface area contributed by atoms with E-state index in [-0.39, 0.29) is 23.9 Å². The van der Waals surface area contributed by atoms with Crippen molar-refractivity contribution in [2.75, 3.05) is 13.1 Å². The molecule has 1 aromatic carbocycles. The molecule has 3 heterocycles. The number of nitrogens with one attached hydrogen (secondary N) is 1. The van der Waals surface area contributed by atoms with Crippen LogP contribution in [0.2, 0.25) is 0 Å². The van der Waals surface area contributed by atoms with Gasteiger partial charge in [0, 0.05) is 29.2 Å². The van der Waals surface area contributed by atoms with E-state index in [4.69, 9.17) is 0 Å². The normalized spacial score (nSPS) is 23.6. The smallest absolute Gasteiger partial charge is 0.240 e. The molecule has 0 saturated carbocycles. The van der Waals surface area contributed by atoms with Crippen LogP contribution >= 0.6 is 0 Å². The summed E-state index contributed by atoms with van der Waals surface area (Å²) in [7, 11) is 0. The number of carbonyl (C=O) groups excluding carboxylic acids is 1. The average molecular weight is 339 g/mol. The SMILES string of the molecule is Cc1cc(=O)c2ccccc2n1CC(=O)N[C@H]1CCCN2CCC[C@@H]12. The van der Waals surface area contributed by atoms with Gasteiger partial charge in [-0.25, -0.2) is 0 Å². The van der Waals surface area contributed by atoms with Gasteiger partial charge >= 0.3 is 0 Å². The Kier molecular flexibility index (Phi) is 4.34. The van der Waals surface area contributed by atoms with Crippen molar-refractivity contribution >= 4 is 16.8 Å². The quantitative estimate of drug-likeness (QED) is 0.931. The van der Waals surface area contributed by atoms with Gasteiger partial charge in [-0.3, -0.25) is 14.5 Å². The molecule has 1 aromatic heterocycles. The van der Waals surface area contributed by atoms with Crippen LogP contribution in [0.25, 0.3) is 10.9 Å². The van der Waals surface area contributed by atoms with Crippen molar-refractivity contribution < 1.29 is 4.79 Å². The van der Waals surface area contributed by atoms with Crippen LogP contribution in [0.15, 0.2) is 35.1 Å². The summed E-state index contributed by atoms with van der Waals surface area (Å²) in [5.41, 5.74) is 1.66.